The van der Waals surface area contributed by atoms with Crippen molar-refractivity contribution >= 4 is 15.8 Å². The van der Waals surface area contributed by atoms with Gasteiger partial charge in [0.2, 0.25) is 5.88 Å². The molecule has 2 unspecified atom stereocenters. The normalized spacial score (nSPS) is 11.8. The summed E-state index contributed by atoms with van der Waals surface area (Å²) in [5.41, 5.74) is 3.08. The Morgan fingerprint density at radius 2 is 1.39 bits per heavy atom. The number of hydrogen-bond acceptors (Lipinski definition) is 9. The van der Waals surface area contributed by atoms with E-state index in [1.54, 1.807) is 81.3 Å². The molecular formula is C34H42N2O7S. The van der Waals surface area contributed by atoms with Gasteiger partial charge in [0.05, 0.1) is 32.1 Å². The molecule has 0 aliphatic heterocycles. The maximum Gasteiger partial charge on any atom is 0.314 e. The van der Waals surface area contributed by atoms with E-state index in [9.17, 15) is 13.2 Å². The van der Waals surface area contributed by atoms with Crippen LogP contribution in [0.3, 0.4) is 0 Å². The van der Waals surface area contributed by atoms with Gasteiger partial charge >= 0.3 is 5.97 Å². The highest BCUT2D eigenvalue weighted by atomic mass is 32.2. The summed E-state index contributed by atoms with van der Waals surface area (Å²) >= 11 is 0. The van der Waals surface area contributed by atoms with Crippen LogP contribution in [0.15, 0.2) is 90.2 Å². The smallest absolute Gasteiger partial charge is 0.314 e. The van der Waals surface area contributed by atoms with Gasteiger partial charge in [0, 0.05) is 36.8 Å². The second-order valence-electron chi connectivity index (χ2n) is 9.01. The number of nitrogens with zero attached hydrogens (tertiary/aromatic N) is 2. The van der Waals surface area contributed by atoms with Crippen molar-refractivity contribution in [1.29, 1.82) is 0 Å². The van der Waals surface area contributed by atoms with Crippen molar-refractivity contribution in [3.05, 3.63) is 108 Å². The van der Waals surface area contributed by atoms with Gasteiger partial charge in [-0.1, -0.05) is 52.0 Å². The van der Waals surface area contributed by atoms with Crippen LogP contribution in [0.2, 0.25) is 0 Å². The van der Waals surface area contributed by atoms with Gasteiger partial charge in [-0.3, -0.25) is 9.78 Å². The number of ether oxygens (including phenoxy) is 4. The van der Waals surface area contributed by atoms with Crippen LogP contribution in [0.4, 0.5) is 0 Å². The number of hydrogen-bond donors (Lipinski definition) is 0. The molecule has 2 heterocycles. The van der Waals surface area contributed by atoms with E-state index in [2.05, 4.69) is 9.97 Å². The summed E-state index contributed by atoms with van der Waals surface area (Å²) in [6.45, 7) is 8.21. The summed E-state index contributed by atoms with van der Waals surface area (Å²) in [7, 11) is 1.21. The van der Waals surface area contributed by atoms with Crippen LogP contribution in [-0.4, -0.2) is 51.9 Å². The van der Waals surface area contributed by atoms with Crippen LogP contribution in [-0.2, 0) is 26.0 Å². The summed E-state index contributed by atoms with van der Waals surface area (Å²) in [4.78, 5) is 22.0. The molecule has 236 valence electrons. The van der Waals surface area contributed by atoms with Crippen molar-refractivity contribution in [3.8, 4) is 17.4 Å². The number of carbonyl (C=O) groups excluding carboxylic acids is 1. The van der Waals surface area contributed by atoms with E-state index in [-0.39, 0.29) is 11.5 Å². The molecule has 44 heavy (non-hydrogen) atoms. The zero-order valence-corrected chi connectivity index (χ0v) is 27.4. The molecule has 0 spiro atoms. The predicted molar refractivity (Wildman–Crippen MR) is 171 cm³/mol. The Labute approximate surface area is 261 Å². The number of benzene rings is 2. The summed E-state index contributed by atoms with van der Waals surface area (Å²) in [5.74, 6) is -0.134. The topological polar surface area (TPSA) is 114 Å². The molecule has 2 aromatic heterocycles. The van der Waals surface area contributed by atoms with Crippen LogP contribution < -0.4 is 14.2 Å². The lowest BCUT2D eigenvalue weighted by molar-refractivity contribution is -0.142. The lowest BCUT2D eigenvalue weighted by Crippen LogP contribution is -2.23. The van der Waals surface area contributed by atoms with E-state index in [1.807, 2.05) is 45.9 Å². The molecule has 4 rings (SSSR count). The zero-order valence-electron chi connectivity index (χ0n) is 26.6. The highest BCUT2D eigenvalue weighted by Gasteiger charge is 2.34. The maximum absolute atomic E-state index is 13.2. The molecular weight excluding hydrogens is 580 g/mol. The van der Waals surface area contributed by atoms with E-state index in [0.29, 0.717) is 17.4 Å². The monoisotopic (exact) mass is 622 g/mol. The molecule has 9 nitrogen and oxygen atoms in total. The number of carbonyl (C=O) groups is 1. The Bertz CT molecular complexity index is 1540. The Kier molecular flexibility index (Phi) is 14.3. The van der Waals surface area contributed by atoms with Gasteiger partial charge < -0.3 is 18.9 Å². The third kappa shape index (κ3) is 9.28. The van der Waals surface area contributed by atoms with Crippen LogP contribution in [0.5, 0.6) is 17.4 Å². The molecule has 2 atom stereocenters. The van der Waals surface area contributed by atoms with Crippen LogP contribution in [0, 0.1) is 0 Å². The molecule has 0 aliphatic carbocycles. The average molecular weight is 623 g/mol. The Hall–Kier alpha value is -4.44. The highest BCUT2D eigenvalue weighted by Crippen LogP contribution is 2.42. The van der Waals surface area contributed by atoms with Gasteiger partial charge in [-0.25, -0.2) is 13.4 Å². The molecule has 0 saturated carbocycles. The molecule has 10 heteroatoms. The Morgan fingerprint density at radius 3 is 1.91 bits per heavy atom. The minimum atomic E-state index is -3.27. The molecule has 0 amide bonds. The van der Waals surface area contributed by atoms with Crippen LogP contribution >= 0.6 is 0 Å². The fraction of sp³-hybridized carbons (Fsp3) is 0.324. The Morgan fingerprint density at radius 1 is 0.773 bits per heavy atom. The van der Waals surface area contributed by atoms with Crippen molar-refractivity contribution in [2.24, 2.45) is 0 Å². The van der Waals surface area contributed by atoms with Crippen LogP contribution in [0.25, 0.3) is 0 Å². The van der Waals surface area contributed by atoms with Gasteiger partial charge in [-0.05, 0) is 58.7 Å². The lowest BCUT2D eigenvalue weighted by Gasteiger charge is -2.27. The molecule has 0 fully saturated rings. The summed E-state index contributed by atoms with van der Waals surface area (Å²) in [5, 5.41) is 0. The highest BCUT2D eigenvalue weighted by molar-refractivity contribution is 7.90. The third-order valence-electron chi connectivity index (χ3n) is 6.48. The molecule has 4 aromatic rings. The first kappa shape index (κ1) is 35.8. The lowest BCUT2D eigenvalue weighted by atomic mass is 9.77. The zero-order chi connectivity index (χ0) is 32.7. The molecule has 0 N–H and O–H groups in total. The summed E-state index contributed by atoms with van der Waals surface area (Å²) in [6, 6.07) is 19.2. The SMILES string of the molecule is CC.CC.COC(=O)C(c1ccncc1)C(c1ccc(OCc2ccc(S(C)(=O)=O)cc2)nc1)c1ccc(OC)c(OC)c1. The number of sulfone groups is 1. The van der Waals surface area contributed by atoms with Gasteiger partial charge in [-0.15, -0.1) is 0 Å². The largest absolute Gasteiger partial charge is 0.493 e. The van der Waals surface area contributed by atoms with Crippen molar-refractivity contribution in [3.63, 3.8) is 0 Å². The van der Waals surface area contributed by atoms with Gasteiger partial charge in [-0.2, -0.15) is 0 Å². The third-order valence-corrected chi connectivity index (χ3v) is 7.61. The number of pyridine rings is 2. The van der Waals surface area contributed by atoms with Crippen LogP contribution in [0.1, 0.15) is 61.8 Å². The first-order valence-electron chi connectivity index (χ1n) is 14.3. The quantitative estimate of drug-likeness (QED) is 0.170. The van der Waals surface area contributed by atoms with Crippen molar-refractivity contribution < 1.29 is 32.2 Å². The fourth-order valence-electron chi connectivity index (χ4n) is 4.44. The predicted octanol–water partition coefficient (Wildman–Crippen LogP) is 6.62. The summed E-state index contributed by atoms with van der Waals surface area (Å²) < 4.78 is 45.4. The van der Waals surface area contributed by atoms with Crippen molar-refractivity contribution in [2.75, 3.05) is 27.6 Å². The number of methoxy groups -OCH3 is 3. The van der Waals surface area contributed by atoms with Gasteiger partial charge in [0.1, 0.15) is 6.61 Å². The fourth-order valence-corrected chi connectivity index (χ4v) is 5.07. The molecule has 0 aliphatic rings. The molecule has 0 radical (unpaired) electrons. The van der Waals surface area contributed by atoms with E-state index in [0.717, 1.165) is 22.3 Å². The first-order chi connectivity index (χ1) is 21.2. The molecule has 2 aromatic carbocycles. The second-order valence-corrected chi connectivity index (χ2v) is 11.0. The standard InChI is InChI=1S/C30H30N2O7S.2C2H6/c1-36-25-11-7-22(17-26(25)37-2)28(29(30(33)38-3)21-13-15-31-16-14-21)23-8-12-27(32-18-23)39-19-20-5-9-24(10-6-20)40(4,34)35;2*1-2/h5-18,28-29H,19H2,1-4H3;2*1-2H3. The van der Waals surface area contributed by atoms with Gasteiger partial charge in [0.15, 0.2) is 21.3 Å². The van der Waals surface area contributed by atoms with E-state index in [1.165, 1.54) is 13.4 Å². The maximum atomic E-state index is 13.2. The number of rotatable bonds is 11. The molecule has 0 saturated heterocycles. The number of aromatic nitrogens is 2. The number of esters is 1. The minimum Gasteiger partial charge on any atom is -0.493 e. The first-order valence-corrected chi connectivity index (χ1v) is 16.2. The minimum absolute atomic E-state index is 0.206. The van der Waals surface area contributed by atoms with Crippen molar-refractivity contribution in [2.45, 2.75) is 51.0 Å². The van der Waals surface area contributed by atoms with Gasteiger partial charge in [0.25, 0.3) is 0 Å². The van der Waals surface area contributed by atoms with E-state index in [4.69, 9.17) is 18.9 Å². The van der Waals surface area contributed by atoms with Crippen molar-refractivity contribution in [1.82, 2.24) is 9.97 Å². The summed E-state index contributed by atoms with van der Waals surface area (Å²) in [6.07, 6.45) is 6.10. The average Bonchev–Trinajstić information content (AvgIpc) is 3.08. The Balaban J connectivity index is 0.00000162. The molecule has 0 bridgehead atoms. The second kappa shape index (κ2) is 17.6. The van der Waals surface area contributed by atoms with E-state index < -0.39 is 27.6 Å². The van der Waals surface area contributed by atoms with E-state index >= 15 is 0 Å².